The highest BCUT2D eigenvalue weighted by Gasteiger charge is 2.24. The molecule has 0 radical (unpaired) electrons. The number of carbonyl (C=O) groups excluding carboxylic acids is 2. The summed E-state index contributed by atoms with van der Waals surface area (Å²) in [6, 6.07) is 8.60. The molecule has 0 spiro atoms. The molecule has 0 aliphatic heterocycles. The Morgan fingerprint density at radius 1 is 1.12 bits per heavy atom. The molecule has 1 aliphatic rings. The summed E-state index contributed by atoms with van der Waals surface area (Å²) in [7, 11) is 0. The van der Waals surface area contributed by atoms with Crippen LogP contribution in [0.1, 0.15) is 56.8 Å². The fraction of sp³-hybridized carbons (Fsp3) is 0.421. The fourth-order valence-electron chi connectivity index (χ4n) is 2.41. The first-order valence-electron chi connectivity index (χ1n) is 8.23. The van der Waals surface area contributed by atoms with Crippen LogP contribution >= 0.6 is 0 Å². The van der Waals surface area contributed by atoms with E-state index in [9.17, 15) is 9.59 Å². The average Bonchev–Trinajstić information content (AvgIpc) is 2.55. The highest BCUT2D eigenvalue weighted by molar-refractivity contribution is 6.45. The molecule has 1 aromatic rings. The van der Waals surface area contributed by atoms with Gasteiger partial charge in [0.05, 0.1) is 5.56 Å². The van der Waals surface area contributed by atoms with Gasteiger partial charge in [-0.25, -0.2) is 4.79 Å². The minimum Gasteiger partial charge on any atom is -0.346 e. The summed E-state index contributed by atoms with van der Waals surface area (Å²) in [6.45, 7) is 5.69. The van der Waals surface area contributed by atoms with Crippen LogP contribution in [0.2, 0.25) is 0 Å². The Balaban J connectivity index is 2.20. The van der Waals surface area contributed by atoms with Crippen molar-refractivity contribution in [2.24, 2.45) is 5.16 Å². The second-order valence-electron chi connectivity index (χ2n) is 6.86. The molecule has 0 heterocycles. The van der Waals surface area contributed by atoms with Crippen molar-refractivity contribution in [1.82, 2.24) is 5.32 Å². The van der Waals surface area contributed by atoms with Crippen LogP contribution in [0.25, 0.3) is 0 Å². The maximum atomic E-state index is 12.5. The number of hydrogen-bond acceptors (Lipinski definition) is 4. The van der Waals surface area contributed by atoms with Crippen molar-refractivity contribution in [3.05, 3.63) is 47.5 Å². The molecule has 5 heteroatoms. The van der Waals surface area contributed by atoms with Gasteiger partial charge in [0.15, 0.2) is 5.71 Å². The molecule has 1 aliphatic carbocycles. The van der Waals surface area contributed by atoms with Crippen LogP contribution in [0, 0.1) is 0 Å². The maximum Gasteiger partial charge on any atom is 0.365 e. The van der Waals surface area contributed by atoms with E-state index in [0.717, 1.165) is 31.3 Å². The predicted molar refractivity (Wildman–Crippen MR) is 93.7 cm³/mol. The molecule has 0 saturated heterocycles. The van der Waals surface area contributed by atoms with Crippen LogP contribution in [0.4, 0.5) is 0 Å². The summed E-state index contributed by atoms with van der Waals surface area (Å²) >= 11 is 0. The van der Waals surface area contributed by atoms with Gasteiger partial charge in [0.25, 0.3) is 5.91 Å². The van der Waals surface area contributed by atoms with E-state index < -0.39 is 11.5 Å². The molecule has 0 aromatic heterocycles. The van der Waals surface area contributed by atoms with Crippen LogP contribution in [0.15, 0.2) is 47.1 Å². The average molecular weight is 328 g/mol. The van der Waals surface area contributed by atoms with E-state index in [1.54, 1.807) is 24.3 Å². The molecule has 1 aromatic carbocycles. The van der Waals surface area contributed by atoms with Crippen molar-refractivity contribution >= 4 is 17.6 Å². The van der Waals surface area contributed by atoms with Gasteiger partial charge in [-0.2, -0.15) is 0 Å². The third kappa shape index (κ3) is 5.33. The molecule has 128 valence electrons. The normalized spacial score (nSPS) is 15.5. The van der Waals surface area contributed by atoms with Gasteiger partial charge in [-0.1, -0.05) is 29.4 Å². The van der Waals surface area contributed by atoms with Crippen LogP contribution in [-0.2, 0) is 9.63 Å². The third-order valence-corrected chi connectivity index (χ3v) is 3.53. The largest absolute Gasteiger partial charge is 0.365 e. The summed E-state index contributed by atoms with van der Waals surface area (Å²) in [5.41, 5.74) is 1.03. The molecule has 24 heavy (non-hydrogen) atoms. The lowest BCUT2D eigenvalue weighted by Gasteiger charge is -2.22. The van der Waals surface area contributed by atoms with E-state index in [1.165, 1.54) is 0 Å². The Hall–Kier alpha value is -2.43. The molecular formula is C19H24N2O3. The number of oxime groups is 1. The van der Waals surface area contributed by atoms with E-state index >= 15 is 0 Å². The minimum absolute atomic E-state index is 0.189. The van der Waals surface area contributed by atoms with Crippen molar-refractivity contribution in [1.29, 1.82) is 0 Å². The lowest BCUT2D eigenvalue weighted by atomic mass is 9.95. The van der Waals surface area contributed by atoms with Gasteiger partial charge < -0.3 is 10.2 Å². The number of allylic oxidation sites excluding steroid dienone is 1. The zero-order valence-corrected chi connectivity index (χ0v) is 14.5. The lowest BCUT2D eigenvalue weighted by Crippen LogP contribution is -2.44. The van der Waals surface area contributed by atoms with E-state index in [1.807, 2.05) is 32.9 Å². The second-order valence-corrected chi connectivity index (χ2v) is 6.86. The Morgan fingerprint density at radius 3 is 2.42 bits per heavy atom. The first-order chi connectivity index (χ1) is 11.4. The summed E-state index contributed by atoms with van der Waals surface area (Å²) in [6.07, 6.45) is 5.77. The van der Waals surface area contributed by atoms with Gasteiger partial charge in [-0.05, 0) is 64.2 Å². The molecule has 0 saturated carbocycles. The molecule has 1 amide bonds. The number of hydrogen-bond donors (Lipinski definition) is 1. The number of rotatable bonds is 4. The van der Waals surface area contributed by atoms with Crippen molar-refractivity contribution in [3.8, 4) is 0 Å². The van der Waals surface area contributed by atoms with Crippen LogP contribution < -0.4 is 5.32 Å². The summed E-state index contributed by atoms with van der Waals surface area (Å²) in [4.78, 5) is 29.6. The van der Waals surface area contributed by atoms with E-state index in [2.05, 4.69) is 10.5 Å². The van der Waals surface area contributed by atoms with Gasteiger partial charge in [0.1, 0.15) is 0 Å². The number of benzene rings is 1. The lowest BCUT2D eigenvalue weighted by molar-refractivity contribution is -0.116. The number of nitrogens with one attached hydrogen (secondary N) is 1. The van der Waals surface area contributed by atoms with E-state index in [4.69, 9.17) is 4.84 Å². The summed E-state index contributed by atoms with van der Waals surface area (Å²) in [5.74, 6) is -0.899. The number of amides is 1. The molecule has 1 N–H and O–H groups in total. The smallest absolute Gasteiger partial charge is 0.346 e. The number of carbonyl (C=O) groups is 2. The van der Waals surface area contributed by atoms with Gasteiger partial charge in [0.2, 0.25) is 0 Å². The Labute approximate surface area is 142 Å². The van der Waals surface area contributed by atoms with Gasteiger partial charge in [0, 0.05) is 5.54 Å². The summed E-state index contributed by atoms with van der Waals surface area (Å²) in [5, 5.41) is 6.77. The molecule has 0 bridgehead atoms. The SMILES string of the molecule is CC(C)(C)NC(=O)/C(=N/OC(=O)c1ccccc1)C1=CCCCC1. The molecule has 2 rings (SSSR count). The molecule has 0 unspecified atom stereocenters. The third-order valence-electron chi connectivity index (χ3n) is 3.53. The van der Waals surface area contributed by atoms with Gasteiger partial charge in [-0.3, -0.25) is 4.79 Å². The van der Waals surface area contributed by atoms with Crippen LogP contribution in [0.3, 0.4) is 0 Å². The summed E-state index contributed by atoms with van der Waals surface area (Å²) < 4.78 is 0. The molecule has 0 fully saturated rings. The Bertz CT molecular complexity index is 655. The monoisotopic (exact) mass is 328 g/mol. The minimum atomic E-state index is -0.576. The Kier molecular flexibility index (Phi) is 5.90. The second kappa shape index (κ2) is 7.90. The zero-order chi connectivity index (χ0) is 17.6. The topological polar surface area (TPSA) is 67.8 Å². The van der Waals surface area contributed by atoms with Crippen LogP contribution in [-0.4, -0.2) is 23.1 Å². The van der Waals surface area contributed by atoms with Gasteiger partial charge >= 0.3 is 5.97 Å². The van der Waals surface area contributed by atoms with Crippen molar-refractivity contribution < 1.29 is 14.4 Å². The standard InChI is InChI=1S/C19H24N2O3/c1-19(2,3)20-17(22)16(14-10-6-4-7-11-14)21-24-18(23)15-12-8-5-9-13-15/h5,8-10,12-13H,4,6-7,11H2,1-3H3,(H,20,22)/b21-16+. The highest BCUT2D eigenvalue weighted by atomic mass is 16.7. The van der Waals surface area contributed by atoms with Gasteiger partial charge in [-0.15, -0.1) is 0 Å². The van der Waals surface area contributed by atoms with E-state index in [-0.39, 0.29) is 11.6 Å². The number of nitrogens with zero attached hydrogens (tertiary/aromatic N) is 1. The van der Waals surface area contributed by atoms with Crippen molar-refractivity contribution in [3.63, 3.8) is 0 Å². The zero-order valence-electron chi connectivity index (χ0n) is 14.5. The first-order valence-corrected chi connectivity index (χ1v) is 8.23. The highest BCUT2D eigenvalue weighted by Crippen LogP contribution is 2.19. The van der Waals surface area contributed by atoms with Crippen molar-refractivity contribution in [2.75, 3.05) is 0 Å². The first kappa shape index (κ1) is 17.9. The molecule has 0 atom stereocenters. The quantitative estimate of drug-likeness (QED) is 0.521. The van der Waals surface area contributed by atoms with E-state index in [0.29, 0.717) is 5.56 Å². The predicted octanol–water partition coefficient (Wildman–Crippen LogP) is 3.61. The Morgan fingerprint density at radius 2 is 1.83 bits per heavy atom. The van der Waals surface area contributed by atoms with Crippen molar-refractivity contribution in [2.45, 2.75) is 52.0 Å². The maximum absolute atomic E-state index is 12.5. The molecule has 5 nitrogen and oxygen atoms in total. The van der Waals surface area contributed by atoms with Crippen LogP contribution in [0.5, 0.6) is 0 Å². The fourth-order valence-corrected chi connectivity index (χ4v) is 2.41. The molecular weight excluding hydrogens is 304 g/mol.